The molecule has 0 aromatic heterocycles. The molecule has 2 rings (SSSR count). The molecule has 0 aliphatic heterocycles. The lowest BCUT2D eigenvalue weighted by Gasteiger charge is -2.16. The molecular weight excluding hydrogens is 272 g/mol. The van der Waals surface area contributed by atoms with Gasteiger partial charge >= 0.3 is 0 Å². The number of aryl methyl sites for hydroxylation is 3. The van der Waals surface area contributed by atoms with E-state index in [1.165, 1.54) is 16.7 Å². The highest BCUT2D eigenvalue weighted by Gasteiger charge is 2.13. The van der Waals surface area contributed by atoms with E-state index in [1.54, 1.807) is 6.07 Å². The molecule has 116 valence electrons. The van der Waals surface area contributed by atoms with Gasteiger partial charge in [-0.1, -0.05) is 35.4 Å². The van der Waals surface area contributed by atoms with E-state index in [1.807, 2.05) is 26.0 Å². The molecule has 1 amide bonds. The number of hydrogen-bond donors (Lipinski definition) is 2. The molecule has 0 bridgehead atoms. The fraction of sp³-hybridized carbons (Fsp3) is 0.316. The Hall–Kier alpha value is -2.29. The smallest absolute Gasteiger partial charge is 0.251 e. The number of hydrogen-bond acceptors (Lipinski definition) is 2. The van der Waals surface area contributed by atoms with Gasteiger partial charge in [0.1, 0.15) is 0 Å². The largest absolute Gasteiger partial charge is 0.399 e. The van der Waals surface area contributed by atoms with Crippen molar-refractivity contribution in [3.05, 3.63) is 64.2 Å². The molecule has 3 nitrogen and oxygen atoms in total. The lowest BCUT2D eigenvalue weighted by molar-refractivity contribution is 0.0939. The number of rotatable bonds is 4. The van der Waals surface area contributed by atoms with Crippen LogP contribution < -0.4 is 11.1 Å². The van der Waals surface area contributed by atoms with Gasteiger partial charge in [-0.3, -0.25) is 4.79 Å². The summed E-state index contributed by atoms with van der Waals surface area (Å²) in [7, 11) is 0. The van der Waals surface area contributed by atoms with Crippen molar-refractivity contribution in [2.24, 2.45) is 0 Å². The number of anilines is 1. The predicted octanol–water partition coefficient (Wildman–Crippen LogP) is 3.56. The maximum absolute atomic E-state index is 12.4. The SMILES string of the molecule is Cc1cc(C)cc(CC(C)NC(=O)c2cc(N)ccc2C)c1. The molecular formula is C19H24N2O. The zero-order valence-electron chi connectivity index (χ0n) is 13.7. The summed E-state index contributed by atoms with van der Waals surface area (Å²) >= 11 is 0. The van der Waals surface area contributed by atoms with Crippen LogP contribution in [0.2, 0.25) is 0 Å². The van der Waals surface area contributed by atoms with Gasteiger partial charge in [0, 0.05) is 17.3 Å². The first kappa shape index (κ1) is 16.1. The Kier molecular flexibility index (Phi) is 4.86. The van der Waals surface area contributed by atoms with Gasteiger partial charge in [0.15, 0.2) is 0 Å². The van der Waals surface area contributed by atoms with Crippen LogP contribution in [0.4, 0.5) is 5.69 Å². The molecule has 3 N–H and O–H groups in total. The Balaban J connectivity index is 2.06. The minimum atomic E-state index is -0.0679. The van der Waals surface area contributed by atoms with Gasteiger partial charge < -0.3 is 11.1 Å². The predicted molar refractivity (Wildman–Crippen MR) is 92.1 cm³/mol. The number of carbonyl (C=O) groups is 1. The number of carbonyl (C=O) groups excluding carboxylic acids is 1. The average Bonchev–Trinajstić information content (AvgIpc) is 2.39. The third-order valence-corrected chi connectivity index (χ3v) is 3.71. The summed E-state index contributed by atoms with van der Waals surface area (Å²) in [6.07, 6.45) is 0.815. The zero-order chi connectivity index (χ0) is 16.3. The lowest BCUT2D eigenvalue weighted by Crippen LogP contribution is -2.34. The second-order valence-corrected chi connectivity index (χ2v) is 6.15. The van der Waals surface area contributed by atoms with E-state index in [4.69, 9.17) is 5.73 Å². The molecule has 0 spiro atoms. The monoisotopic (exact) mass is 296 g/mol. The van der Waals surface area contributed by atoms with Crippen molar-refractivity contribution in [3.63, 3.8) is 0 Å². The number of nitrogen functional groups attached to an aromatic ring is 1. The lowest BCUT2D eigenvalue weighted by atomic mass is 10.0. The summed E-state index contributed by atoms with van der Waals surface area (Å²) in [5.74, 6) is -0.0679. The van der Waals surface area contributed by atoms with Gasteiger partial charge in [-0.15, -0.1) is 0 Å². The van der Waals surface area contributed by atoms with Crippen LogP contribution in [0.15, 0.2) is 36.4 Å². The van der Waals surface area contributed by atoms with Gasteiger partial charge in [0.2, 0.25) is 0 Å². The van der Waals surface area contributed by atoms with E-state index < -0.39 is 0 Å². The number of nitrogens with one attached hydrogen (secondary N) is 1. The second-order valence-electron chi connectivity index (χ2n) is 6.15. The highest BCUT2D eigenvalue weighted by molar-refractivity contribution is 5.96. The topological polar surface area (TPSA) is 55.1 Å². The van der Waals surface area contributed by atoms with Crippen molar-refractivity contribution in [3.8, 4) is 0 Å². The highest BCUT2D eigenvalue weighted by Crippen LogP contribution is 2.14. The van der Waals surface area contributed by atoms with Crippen molar-refractivity contribution < 1.29 is 4.79 Å². The average molecular weight is 296 g/mol. The zero-order valence-corrected chi connectivity index (χ0v) is 13.7. The second kappa shape index (κ2) is 6.65. The summed E-state index contributed by atoms with van der Waals surface area (Å²) < 4.78 is 0. The minimum absolute atomic E-state index is 0.0644. The van der Waals surface area contributed by atoms with E-state index in [0.717, 1.165) is 12.0 Å². The van der Waals surface area contributed by atoms with Crippen molar-refractivity contribution in [1.29, 1.82) is 0 Å². The summed E-state index contributed by atoms with van der Waals surface area (Å²) in [5, 5.41) is 3.06. The summed E-state index contributed by atoms with van der Waals surface area (Å²) in [6, 6.07) is 12.0. The molecule has 2 aromatic carbocycles. The van der Waals surface area contributed by atoms with Gasteiger partial charge in [0.25, 0.3) is 5.91 Å². The maximum Gasteiger partial charge on any atom is 0.251 e. The number of nitrogens with two attached hydrogens (primary N) is 1. The van der Waals surface area contributed by atoms with Crippen LogP contribution in [0.3, 0.4) is 0 Å². The molecule has 3 heteroatoms. The molecule has 2 aromatic rings. The Morgan fingerprint density at radius 2 is 1.73 bits per heavy atom. The molecule has 1 atom stereocenters. The van der Waals surface area contributed by atoms with Crippen LogP contribution in [0, 0.1) is 20.8 Å². The Morgan fingerprint density at radius 3 is 2.36 bits per heavy atom. The normalized spacial score (nSPS) is 12.0. The van der Waals surface area contributed by atoms with E-state index >= 15 is 0 Å². The summed E-state index contributed by atoms with van der Waals surface area (Å²) in [5.41, 5.74) is 11.7. The van der Waals surface area contributed by atoms with Crippen LogP contribution in [0.1, 0.15) is 39.5 Å². The first-order valence-corrected chi connectivity index (χ1v) is 7.59. The molecule has 0 radical (unpaired) electrons. The van der Waals surface area contributed by atoms with E-state index in [-0.39, 0.29) is 11.9 Å². The fourth-order valence-corrected chi connectivity index (χ4v) is 2.78. The molecule has 0 saturated heterocycles. The third-order valence-electron chi connectivity index (χ3n) is 3.71. The van der Waals surface area contributed by atoms with Crippen LogP contribution in [-0.2, 0) is 6.42 Å². The van der Waals surface area contributed by atoms with Crippen LogP contribution in [0.5, 0.6) is 0 Å². The van der Waals surface area contributed by atoms with E-state index in [9.17, 15) is 4.79 Å². The van der Waals surface area contributed by atoms with Crippen LogP contribution >= 0.6 is 0 Å². The number of benzene rings is 2. The molecule has 0 aliphatic rings. The third kappa shape index (κ3) is 4.10. The van der Waals surface area contributed by atoms with Crippen molar-refractivity contribution >= 4 is 11.6 Å². The van der Waals surface area contributed by atoms with Crippen molar-refractivity contribution in [2.75, 3.05) is 5.73 Å². The molecule has 1 unspecified atom stereocenters. The van der Waals surface area contributed by atoms with Gasteiger partial charge in [0.05, 0.1) is 0 Å². The van der Waals surface area contributed by atoms with Crippen LogP contribution in [0.25, 0.3) is 0 Å². The first-order valence-electron chi connectivity index (χ1n) is 7.59. The first-order chi connectivity index (χ1) is 10.3. The van der Waals surface area contributed by atoms with Gasteiger partial charge in [-0.2, -0.15) is 0 Å². The van der Waals surface area contributed by atoms with Gasteiger partial charge in [-0.05, 0) is 57.4 Å². The van der Waals surface area contributed by atoms with E-state index in [2.05, 4.69) is 37.4 Å². The van der Waals surface area contributed by atoms with Crippen molar-refractivity contribution in [2.45, 2.75) is 40.2 Å². The fourth-order valence-electron chi connectivity index (χ4n) is 2.78. The molecule has 0 aliphatic carbocycles. The molecule has 22 heavy (non-hydrogen) atoms. The molecule has 0 saturated carbocycles. The Labute approximate surface area is 132 Å². The highest BCUT2D eigenvalue weighted by atomic mass is 16.1. The summed E-state index contributed by atoms with van der Waals surface area (Å²) in [4.78, 5) is 12.4. The van der Waals surface area contributed by atoms with Crippen LogP contribution in [-0.4, -0.2) is 11.9 Å². The summed E-state index contributed by atoms with van der Waals surface area (Å²) in [6.45, 7) is 8.13. The quantitative estimate of drug-likeness (QED) is 0.848. The van der Waals surface area contributed by atoms with Gasteiger partial charge in [-0.25, -0.2) is 0 Å². The minimum Gasteiger partial charge on any atom is -0.399 e. The molecule has 0 fully saturated rings. The Bertz CT molecular complexity index is 672. The van der Waals surface area contributed by atoms with E-state index in [0.29, 0.717) is 11.3 Å². The Morgan fingerprint density at radius 1 is 1.09 bits per heavy atom. The van der Waals surface area contributed by atoms with Crippen molar-refractivity contribution in [1.82, 2.24) is 5.32 Å². The standard InChI is InChI=1S/C19H24N2O/c1-12-7-13(2)9-16(8-12)10-15(4)21-19(22)18-11-17(20)6-5-14(18)3/h5-9,11,15H,10,20H2,1-4H3,(H,21,22). The number of amides is 1. The maximum atomic E-state index is 12.4. The molecule has 0 heterocycles.